The van der Waals surface area contributed by atoms with Crippen LogP contribution in [0.4, 0.5) is 4.79 Å². The van der Waals surface area contributed by atoms with E-state index in [-0.39, 0.29) is 29.3 Å². The van der Waals surface area contributed by atoms with Gasteiger partial charge in [0.25, 0.3) is 5.91 Å². The zero-order valence-corrected chi connectivity index (χ0v) is 15.4. The van der Waals surface area contributed by atoms with E-state index in [2.05, 4.69) is 4.98 Å². The number of carbonyl (C=O) groups is 2. The van der Waals surface area contributed by atoms with Crippen LogP contribution in [-0.4, -0.2) is 53.0 Å². The Balaban J connectivity index is 1.53. The highest BCUT2D eigenvalue weighted by molar-refractivity contribution is 6.34. The van der Waals surface area contributed by atoms with E-state index in [9.17, 15) is 9.59 Å². The molecular weight excluding hydrogens is 377 g/mol. The predicted octanol–water partition coefficient (Wildman–Crippen LogP) is 3.48. The van der Waals surface area contributed by atoms with E-state index >= 15 is 0 Å². The second-order valence-electron chi connectivity index (χ2n) is 5.81. The molecule has 2 amide bonds. The highest BCUT2D eigenvalue weighted by Crippen LogP contribution is 2.20. The van der Waals surface area contributed by atoms with E-state index in [1.165, 1.54) is 12.3 Å². The maximum absolute atomic E-state index is 12.6. The minimum Gasteiger partial charge on any atom is -0.445 e. The molecule has 0 atom stereocenters. The van der Waals surface area contributed by atoms with Gasteiger partial charge >= 0.3 is 6.09 Å². The Morgan fingerprint density at radius 3 is 2.38 bits per heavy atom. The zero-order chi connectivity index (χ0) is 18.5. The third-order valence-corrected chi connectivity index (χ3v) is 4.57. The fourth-order valence-corrected chi connectivity index (χ4v) is 2.99. The average molecular weight is 394 g/mol. The van der Waals surface area contributed by atoms with Gasteiger partial charge in [0.15, 0.2) is 0 Å². The lowest BCUT2D eigenvalue weighted by Crippen LogP contribution is -2.50. The monoisotopic (exact) mass is 393 g/mol. The van der Waals surface area contributed by atoms with Crippen LogP contribution >= 0.6 is 23.2 Å². The summed E-state index contributed by atoms with van der Waals surface area (Å²) in [4.78, 5) is 31.8. The van der Waals surface area contributed by atoms with Gasteiger partial charge in [-0.3, -0.25) is 4.79 Å². The van der Waals surface area contributed by atoms with Crippen LogP contribution in [0.25, 0.3) is 0 Å². The molecule has 26 heavy (non-hydrogen) atoms. The lowest BCUT2D eigenvalue weighted by Gasteiger charge is -2.34. The van der Waals surface area contributed by atoms with Crippen molar-refractivity contribution in [2.45, 2.75) is 6.61 Å². The van der Waals surface area contributed by atoms with Gasteiger partial charge in [0.05, 0.1) is 10.6 Å². The van der Waals surface area contributed by atoms with Gasteiger partial charge in [-0.1, -0.05) is 53.5 Å². The maximum Gasteiger partial charge on any atom is 0.410 e. The summed E-state index contributed by atoms with van der Waals surface area (Å²) in [5.74, 6) is -0.248. The number of benzene rings is 1. The molecule has 0 bridgehead atoms. The minimum absolute atomic E-state index is 0.115. The predicted molar refractivity (Wildman–Crippen MR) is 98.4 cm³/mol. The summed E-state index contributed by atoms with van der Waals surface area (Å²) in [6.45, 7) is 1.79. The maximum atomic E-state index is 12.6. The molecule has 0 radical (unpaired) electrons. The number of carbonyl (C=O) groups excluding carboxylic acids is 2. The van der Waals surface area contributed by atoms with Crippen molar-refractivity contribution in [2.24, 2.45) is 0 Å². The molecule has 1 aromatic heterocycles. The molecular formula is C18H17Cl2N3O3. The highest BCUT2D eigenvalue weighted by atomic mass is 35.5. The second-order valence-corrected chi connectivity index (χ2v) is 6.61. The van der Waals surface area contributed by atoms with Crippen LogP contribution in [0, 0.1) is 0 Å². The number of ether oxygens (including phenoxy) is 1. The standard InChI is InChI=1S/C18H17Cl2N3O3/c19-14-10-15(16(20)21-11-14)17(24)22-6-8-23(9-7-22)18(25)26-12-13-4-2-1-3-5-13/h1-5,10-11H,6-9,12H2. The van der Waals surface area contributed by atoms with Crippen molar-refractivity contribution in [3.05, 3.63) is 63.9 Å². The number of nitrogens with zero attached hydrogens (tertiary/aromatic N) is 3. The normalized spacial score (nSPS) is 14.2. The van der Waals surface area contributed by atoms with Gasteiger partial charge in [-0.15, -0.1) is 0 Å². The van der Waals surface area contributed by atoms with E-state index in [0.29, 0.717) is 31.2 Å². The van der Waals surface area contributed by atoms with E-state index in [1.807, 2.05) is 30.3 Å². The number of amides is 2. The highest BCUT2D eigenvalue weighted by Gasteiger charge is 2.27. The summed E-state index contributed by atoms with van der Waals surface area (Å²) in [6.07, 6.45) is 1.00. The molecule has 8 heteroatoms. The molecule has 2 heterocycles. The topological polar surface area (TPSA) is 62.7 Å². The van der Waals surface area contributed by atoms with Crippen molar-refractivity contribution in [1.29, 1.82) is 0 Å². The van der Waals surface area contributed by atoms with Gasteiger partial charge in [0.1, 0.15) is 11.8 Å². The van der Waals surface area contributed by atoms with Gasteiger partial charge in [0, 0.05) is 32.4 Å². The molecule has 0 unspecified atom stereocenters. The number of halogens is 2. The molecule has 1 fully saturated rings. The van der Waals surface area contributed by atoms with E-state index in [1.54, 1.807) is 9.80 Å². The summed E-state index contributed by atoms with van der Waals surface area (Å²) in [6, 6.07) is 11.0. The smallest absolute Gasteiger partial charge is 0.410 e. The Morgan fingerprint density at radius 2 is 1.69 bits per heavy atom. The van der Waals surface area contributed by atoms with Crippen molar-refractivity contribution in [3.63, 3.8) is 0 Å². The third-order valence-electron chi connectivity index (χ3n) is 4.07. The second kappa shape index (κ2) is 8.38. The molecule has 3 rings (SSSR count). The Hall–Kier alpha value is -2.31. The summed E-state index contributed by atoms with van der Waals surface area (Å²) in [7, 11) is 0. The third kappa shape index (κ3) is 4.45. The molecule has 1 saturated heterocycles. The van der Waals surface area contributed by atoms with Crippen LogP contribution in [0.5, 0.6) is 0 Å². The summed E-state index contributed by atoms with van der Waals surface area (Å²) in [5, 5.41) is 0.463. The molecule has 0 N–H and O–H groups in total. The van der Waals surface area contributed by atoms with Crippen LogP contribution in [0.3, 0.4) is 0 Å². The van der Waals surface area contributed by atoms with Gasteiger partial charge < -0.3 is 14.5 Å². The number of piperazine rings is 1. The fourth-order valence-electron chi connectivity index (χ4n) is 2.65. The molecule has 6 nitrogen and oxygen atoms in total. The van der Waals surface area contributed by atoms with Crippen LogP contribution < -0.4 is 0 Å². The van der Waals surface area contributed by atoms with E-state index in [4.69, 9.17) is 27.9 Å². The van der Waals surface area contributed by atoms with Crippen molar-refractivity contribution in [1.82, 2.24) is 14.8 Å². The number of aromatic nitrogens is 1. The van der Waals surface area contributed by atoms with Crippen molar-refractivity contribution in [3.8, 4) is 0 Å². The lowest BCUT2D eigenvalue weighted by molar-refractivity contribution is 0.0543. The van der Waals surface area contributed by atoms with E-state index < -0.39 is 0 Å². The number of rotatable bonds is 3. The largest absolute Gasteiger partial charge is 0.445 e. The molecule has 1 aliphatic heterocycles. The number of hydrogen-bond donors (Lipinski definition) is 0. The van der Waals surface area contributed by atoms with Crippen molar-refractivity contribution in [2.75, 3.05) is 26.2 Å². The first-order valence-electron chi connectivity index (χ1n) is 8.10. The first kappa shape index (κ1) is 18.5. The molecule has 1 aromatic carbocycles. The van der Waals surface area contributed by atoms with Crippen molar-refractivity contribution < 1.29 is 14.3 Å². The molecule has 1 aliphatic rings. The molecule has 0 spiro atoms. The first-order chi connectivity index (χ1) is 12.5. The van der Waals surface area contributed by atoms with Gasteiger partial charge in [0.2, 0.25) is 0 Å². The summed E-state index contributed by atoms with van der Waals surface area (Å²) in [5.41, 5.74) is 1.19. The van der Waals surface area contributed by atoms with Crippen LogP contribution in [-0.2, 0) is 11.3 Å². The van der Waals surface area contributed by atoms with Crippen molar-refractivity contribution >= 4 is 35.2 Å². The first-order valence-corrected chi connectivity index (χ1v) is 8.86. The molecule has 2 aromatic rings. The fraction of sp³-hybridized carbons (Fsp3) is 0.278. The summed E-state index contributed by atoms with van der Waals surface area (Å²) >= 11 is 11.9. The van der Waals surface area contributed by atoms with E-state index in [0.717, 1.165) is 5.56 Å². The lowest BCUT2D eigenvalue weighted by atomic mass is 10.2. The quantitative estimate of drug-likeness (QED) is 0.748. The summed E-state index contributed by atoms with van der Waals surface area (Å²) < 4.78 is 5.32. The average Bonchev–Trinajstić information content (AvgIpc) is 2.68. The number of hydrogen-bond acceptors (Lipinski definition) is 4. The molecule has 0 aliphatic carbocycles. The van der Waals surface area contributed by atoms with Gasteiger partial charge in [-0.25, -0.2) is 9.78 Å². The molecule has 0 saturated carbocycles. The van der Waals surface area contributed by atoms with Gasteiger partial charge in [-0.2, -0.15) is 0 Å². The molecule has 136 valence electrons. The minimum atomic E-state index is -0.386. The Bertz CT molecular complexity index is 794. The Labute approximate surface area is 161 Å². The zero-order valence-electron chi connectivity index (χ0n) is 13.9. The van der Waals surface area contributed by atoms with Crippen LogP contribution in [0.2, 0.25) is 10.2 Å². The SMILES string of the molecule is O=C(OCc1ccccc1)N1CCN(C(=O)c2cc(Cl)cnc2Cl)CC1. The van der Waals surface area contributed by atoms with Gasteiger partial charge in [-0.05, 0) is 11.6 Å². The van der Waals surface area contributed by atoms with Crippen LogP contribution in [0.1, 0.15) is 15.9 Å². The Morgan fingerprint density at radius 1 is 1.04 bits per heavy atom. The number of pyridine rings is 1. The van der Waals surface area contributed by atoms with Crippen LogP contribution in [0.15, 0.2) is 42.6 Å². The Kier molecular flexibility index (Phi) is 5.96.